The van der Waals surface area contributed by atoms with E-state index in [9.17, 15) is 0 Å². The van der Waals surface area contributed by atoms with E-state index >= 15 is 0 Å². The van der Waals surface area contributed by atoms with Crippen LogP contribution in [0.1, 0.15) is 5.56 Å². The third-order valence-electron chi connectivity index (χ3n) is 2.03. The fraction of sp³-hybridized carbons (Fsp3) is 0.455. The van der Waals surface area contributed by atoms with Crippen LogP contribution in [0.5, 0.6) is 0 Å². The number of rotatable bonds is 8. The van der Waals surface area contributed by atoms with Crippen LogP contribution in [0.2, 0.25) is 0 Å². The Labute approximate surface area is 106 Å². The lowest BCUT2D eigenvalue weighted by Crippen LogP contribution is -2.14. The molecule has 6 heteroatoms. The first kappa shape index (κ1) is 13.8. The summed E-state index contributed by atoms with van der Waals surface area (Å²) in [5.41, 5.74) is 6.33. The number of methoxy groups -OCH3 is 1. The minimum absolute atomic E-state index is 0.367. The molecule has 0 spiro atoms. The number of aromatic nitrogens is 1. The summed E-state index contributed by atoms with van der Waals surface area (Å²) in [6.07, 6.45) is 1.67. The molecule has 1 rings (SSSR count). The molecule has 0 saturated heterocycles. The first-order valence-electron chi connectivity index (χ1n) is 5.30. The summed E-state index contributed by atoms with van der Waals surface area (Å²) in [5, 5.41) is 3.12. The Morgan fingerprint density at radius 2 is 2.29 bits per heavy atom. The molecule has 3 N–H and O–H groups in total. The van der Waals surface area contributed by atoms with Crippen molar-refractivity contribution >= 4 is 23.0 Å². The Hall–Kier alpha value is -1.24. The number of pyridine rings is 1. The topological polar surface area (TPSA) is 69.4 Å². The quantitative estimate of drug-likeness (QED) is 0.529. The molecule has 5 nitrogen and oxygen atoms in total. The van der Waals surface area contributed by atoms with Gasteiger partial charge < -0.3 is 20.5 Å². The van der Waals surface area contributed by atoms with E-state index in [1.54, 1.807) is 19.4 Å². The summed E-state index contributed by atoms with van der Waals surface area (Å²) in [5.74, 6) is 0.741. The third kappa shape index (κ3) is 5.58. The molecule has 0 aromatic carbocycles. The van der Waals surface area contributed by atoms with E-state index in [2.05, 4.69) is 10.3 Å². The van der Waals surface area contributed by atoms with Crippen molar-refractivity contribution in [2.45, 2.75) is 0 Å². The maximum Gasteiger partial charge on any atom is 0.126 e. The highest BCUT2D eigenvalue weighted by molar-refractivity contribution is 7.80. The van der Waals surface area contributed by atoms with Gasteiger partial charge in [0.05, 0.1) is 19.8 Å². The molecule has 0 aliphatic rings. The van der Waals surface area contributed by atoms with Crippen LogP contribution in [0.25, 0.3) is 0 Å². The predicted molar refractivity (Wildman–Crippen MR) is 71.3 cm³/mol. The Bertz CT molecular complexity index is 360. The number of nitrogens with two attached hydrogens (primary N) is 1. The molecule has 0 radical (unpaired) electrons. The molecule has 94 valence electrons. The fourth-order valence-corrected chi connectivity index (χ4v) is 1.30. The molecule has 0 fully saturated rings. The van der Waals surface area contributed by atoms with Crippen LogP contribution in [0.4, 0.5) is 5.82 Å². The van der Waals surface area contributed by atoms with Crippen molar-refractivity contribution in [3.63, 3.8) is 0 Å². The summed E-state index contributed by atoms with van der Waals surface area (Å²) in [4.78, 5) is 4.52. The highest BCUT2D eigenvalue weighted by atomic mass is 32.1. The molecular formula is C11H17N3O2S. The maximum absolute atomic E-state index is 5.53. The van der Waals surface area contributed by atoms with Gasteiger partial charge in [-0.05, 0) is 12.1 Å². The number of nitrogens with one attached hydrogen (secondary N) is 1. The lowest BCUT2D eigenvalue weighted by atomic mass is 10.2. The smallest absolute Gasteiger partial charge is 0.126 e. The van der Waals surface area contributed by atoms with Gasteiger partial charge >= 0.3 is 0 Å². The number of ether oxygens (including phenoxy) is 2. The van der Waals surface area contributed by atoms with Crippen LogP contribution >= 0.6 is 12.2 Å². The van der Waals surface area contributed by atoms with Crippen LogP contribution < -0.4 is 11.1 Å². The Morgan fingerprint density at radius 3 is 3.00 bits per heavy atom. The van der Waals surface area contributed by atoms with E-state index in [0.29, 0.717) is 31.4 Å². The zero-order chi connectivity index (χ0) is 12.5. The van der Waals surface area contributed by atoms with Crippen LogP contribution in [0.15, 0.2) is 18.3 Å². The lowest BCUT2D eigenvalue weighted by molar-refractivity contribution is 0.0759. The monoisotopic (exact) mass is 255 g/mol. The standard InChI is InChI=1S/C11H17N3O2S/c1-15-6-7-16-5-4-14-10-8-9(11(12)17)2-3-13-10/h2-3,8H,4-7H2,1H3,(H2,12,17)(H,13,14). The average molecular weight is 255 g/mol. The van der Waals surface area contributed by atoms with Gasteiger partial charge in [0.25, 0.3) is 0 Å². The Balaban J connectivity index is 2.27. The minimum Gasteiger partial charge on any atom is -0.389 e. The summed E-state index contributed by atoms with van der Waals surface area (Å²) >= 11 is 4.89. The summed E-state index contributed by atoms with van der Waals surface area (Å²) in [6, 6.07) is 3.60. The van der Waals surface area contributed by atoms with Crippen molar-refractivity contribution in [2.75, 3.05) is 38.8 Å². The normalized spacial score (nSPS) is 10.2. The van der Waals surface area contributed by atoms with E-state index in [0.717, 1.165) is 11.4 Å². The molecule has 0 bridgehead atoms. The summed E-state index contributed by atoms with van der Waals surface area (Å²) < 4.78 is 10.2. The van der Waals surface area contributed by atoms with E-state index in [1.165, 1.54) is 0 Å². The van der Waals surface area contributed by atoms with Gasteiger partial charge in [-0.2, -0.15) is 0 Å². The molecule has 17 heavy (non-hydrogen) atoms. The predicted octanol–water partition coefficient (Wildman–Crippen LogP) is 0.791. The minimum atomic E-state index is 0.367. The lowest BCUT2D eigenvalue weighted by Gasteiger charge is -2.07. The molecule has 1 aromatic rings. The second kappa shape index (κ2) is 7.94. The van der Waals surface area contributed by atoms with Gasteiger partial charge in [-0.3, -0.25) is 0 Å². The van der Waals surface area contributed by atoms with E-state index in [-0.39, 0.29) is 0 Å². The highest BCUT2D eigenvalue weighted by Gasteiger charge is 1.98. The molecule has 1 heterocycles. The van der Waals surface area contributed by atoms with Crippen LogP contribution in [0.3, 0.4) is 0 Å². The average Bonchev–Trinajstić information content (AvgIpc) is 2.34. The molecule has 0 aliphatic carbocycles. The number of anilines is 1. The van der Waals surface area contributed by atoms with Crippen molar-refractivity contribution in [3.8, 4) is 0 Å². The first-order chi connectivity index (χ1) is 8.24. The maximum atomic E-state index is 5.53. The highest BCUT2D eigenvalue weighted by Crippen LogP contribution is 2.05. The van der Waals surface area contributed by atoms with Gasteiger partial charge in [0, 0.05) is 25.4 Å². The van der Waals surface area contributed by atoms with Crippen molar-refractivity contribution in [1.29, 1.82) is 0 Å². The largest absolute Gasteiger partial charge is 0.389 e. The Kier molecular flexibility index (Phi) is 6.46. The number of hydrogen-bond donors (Lipinski definition) is 2. The van der Waals surface area contributed by atoms with Gasteiger partial charge in [0.1, 0.15) is 10.8 Å². The van der Waals surface area contributed by atoms with Crippen molar-refractivity contribution in [3.05, 3.63) is 23.9 Å². The fourth-order valence-electron chi connectivity index (χ4n) is 1.18. The molecule has 0 saturated carbocycles. The van der Waals surface area contributed by atoms with Gasteiger partial charge in [0.15, 0.2) is 0 Å². The molecule has 0 aliphatic heterocycles. The third-order valence-corrected chi connectivity index (χ3v) is 2.26. The van der Waals surface area contributed by atoms with Crippen LogP contribution in [-0.2, 0) is 9.47 Å². The van der Waals surface area contributed by atoms with Crippen molar-refractivity contribution in [1.82, 2.24) is 4.98 Å². The van der Waals surface area contributed by atoms with E-state index < -0.39 is 0 Å². The van der Waals surface area contributed by atoms with Gasteiger partial charge in [-0.15, -0.1) is 0 Å². The van der Waals surface area contributed by atoms with Crippen LogP contribution in [0, 0.1) is 0 Å². The number of thiocarbonyl (C=S) groups is 1. The number of hydrogen-bond acceptors (Lipinski definition) is 5. The zero-order valence-electron chi connectivity index (χ0n) is 9.81. The SMILES string of the molecule is COCCOCCNc1cc(C(N)=S)ccn1. The van der Waals surface area contributed by atoms with Gasteiger partial charge in [0.2, 0.25) is 0 Å². The number of nitrogens with zero attached hydrogens (tertiary/aromatic N) is 1. The molecule has 1 aromatic heterocycles. The molecular weight excluding hydrogens is 238 g/mol. The van der Waals surface area contributed by atoms with E-state index in [1.807, 2.05) is 6.07 Å². The molecule has 0 amide bonds. The second-order valence-electron chi connectivity index (χ2n) is 3.33. The zero-order valence-corrected chi connectivity index (χ0v) is 10.6. The van der Waals surface area contributed by atoms with Crippen molar-refractivity contribution in [2.24, 2.45) is 5.73 Å². The van der Waals surface area contributed by atoms with Crippen molar-refractivity contribution < 1.29 is 9.47 Å². The summed E-state index contributed by atoms with van der Waals surface area (Å²) in [7, 11) is 1.65. The van der Waals surface area contributed by atoms with Crippen LogP contribution in [-0.4, -0.2) is 43.4 Å². The Morgan fingerprint density at radius 1 is 1.47 bits per heavy atom. The second-order valence-corrected chi connectivity index (χ2v) is 3.77. The van der Waals surface area contributed by atoms with Gasteiger partial charge in [-0.1, -0.05) is 12.2 Å². The molecule has 0 unspecified atom stereocenters. The van der Waals surface area contributed by atoms with E-state index in [4.69, 9.17) is 27.4 Å². The summed E-state index contributed by atoms with van der Waals surface area (Å²) in [6.45, 7) is 2.48. The van der Waals surface area contributed by atoms with Gasteiger partial charge in [-0.25, -0.2) is 4.98 Å². The molecule has 0 atom stereocenters. The first-order valence-corrected chi connectivity index (χ1v) is 5.71.